The maximum Gasteiger partial charge on any atom is 1.00 e. The summed E-state index contributed by atoms with van der Waals surface area (Å²) < 4.78 is 0. The number of hydrogen-bond acceptors (Lipinski definition) is 3. The van der Waals surface area contributed by atoms with Crippen LogP contribution in [0.4, 0.5) is 0 Å². The Morgan fingerprint density at radius 2 is 2.00 bits per heavy atom. The van der Waals surface area contributed by atoms with E-state index in [1.807, 2.05) is 0 Å². The van der Waals surface area contributed by atoms with Gasteiger partial charge in [0.25, 0.3) is 0 Å². The largest absolute Gasteiger partial charge is 1.00 e. The number of aliphatic hydroxyl groups excluding tert-OH is 1. The summed E-state index contributed by atoms with van der Waals surface area (Å²) in [5, 5.41) is 18.5. The molecule has 0 rings (SSSR count). The third-order valence-electron chi connectivity index (χ3n) is 1.05. The normalized spacial score (nSPS) is 10.3. The van der Waals surface area contributed by atoms with E-state index >= 15 is 0 Å². The van der Waals surface area contributed by atoms with Crippen LogP contribution in [0.25, 0.3) is 0 Å². The first-order valence-electron chi connectivity index (χ1n) is 2.79. The molecule has 0 aliphatic heterocycles. The van der Waals surface area contributed by atoms with Gasteiger partial charge in [-0.25, -0.2) is 0 Å². The topological polar surface area (TPSA) is 60.4 Å². The smallest absolute Gasteiger partial charge is 0.550 e. The van der Waals surface area contributed by atoms with Crippen LogP contribution in [0.2, 0.25) is 0 Å². The molecular formula is C6H11NaO3. The molecule has 0 aromatic heterocycles. The van der Waals surface area contributed by atoms with Gasteiger partial charge in [0, 0.05) is 12.6 Å². The predicted molar refractivity (Wildman–Crippen MR) is 30.5 cm³/mol. The molecule has 4 heteroatoms. The maximum absolute atomic E-state index is 9.95. The Kier molecular flexibility index (Phi) is 6.69. The Morgan fingerprint density at radius 3 is 2.10 bits per heavy atom. The minimum Gasteiger partial charge on any atom is -0.550 e. The minimum absolute atomic E-state index is 0. The number of carboxylic acid groups (broad SMARTS) is 1. The maximum atomic E-state index is 9.95. The van der Waals surface area contributed by atoms with E-state index in [4.69, 9.17) is 5.11 Å². The van der Waals surface area contributed by atoms with Gasteiger partial charge in [0.2, 0.25) is 0 Å². The predicted octanol–water partition coefficient (Wildman–Crippen LogP) is -3.85. The second-order valence-corrected chi connectivity index (χ2v) is 2.87. The number of rotatable bonds is 3. The summed E-state index contributed by atoms with van der Waals surface area (Å²) in [7, 11) is 0. The van der Waals surface area contributed by atoms with Gasteiger partial charge >= 0.3 is 29.6 Å². The van der Waals surface area contributed by atoms with Crippen LogP contribution in [0, 0.1) is 5.41 Å². The van der Waals surface area contributed by atoms with Crippen molar-refractivity contribution in [2.75, 3.05) is 6.61 Å². The first-order chi connectivity index (χ1) is 3.98. The first kappa shape index (κ1) is 13.1. The molecule has 0 spiro atoms. The number of carboxylic acids is 1. The van der Waals surface area contributed by atoms with Gasteiger partial charge in [0.1, 0.15) is 0 Å². The zero-order valence-corrected chi connectivity index (χ0v) is 8.68. The summed E-state index contributed by atoms with van der Waals surface area (Å²) in [6.45, 7) is 3.21. The molecule has 0 fully saturated rings. The Balaban J connectivity index is 0. The number of aliphatic hydroxyl groups is 1. The summed E-state index contributed by atoms with van der Waals surface area (Å²) >= 11 is 0. The van der Waals surface area contributed by atoms with E-state index in [-0.39, 0.29) is 42.6 Å². The van der Waals surface area contributed by atoms with Crippen molar-refractivity contribution >= 4 is 5.97 Å². The van der Waals surface area contributed by atoms with E-state index in [1.54, 1.807) is 13.8 Å². The fourth-order valence-corrected chi connectivity index (χ4v) is 0.447. The van der Waals surface area contributed by atoms with E-state index in [0.29, 0.717) is 0 Å². The fraction of sp³-hybridized carbons (Fsp3) is 0.833. The Hall–Kier alpha value is 0.430. The third kappa shape index (κ3) is 6.55. The number of hydrogen-bond donors (Lipinski definition) is 1. The molecular weight excluding hydrogens is 143 g/mol. The second kappa shape index (κ2) is 5.13. The van der Waals surface area contributed by atoms with Crippen molar-refractivity contribution in [3.05, 3.63) is 0 Å². The average molecular weight is 154 g/mol. The van der Waals surface area contributed by atoms with Gasteiger partial charge < -0.3 is 15.0 Å². The van der Waals surface area contributed by atoms with E-state index in [1.165, 1.54) is 0 Å². The SMILES string of the molecule is CC(C)(CO)CC(=O)[O-].[Na+]. The third-order valence-corrected chi connectivity index (χ3v) is 1.05. The molecule has 10 heavy (non-hydrogen) atoms. The Morgan fingerprint density at radius 1 is 1.60 bits per heavy atom. The Bertz CT molecular complexity index is 112. The zero-order valence-electron chi connectivity index (χ0n) is 6.68. The van der Waals surface area contributed by atoms with Crippen LogP contribution in [-0.4, -0.2) is 17.7 Å². The molecule has 0 aromatic rings. The molecule has 0 saturated carbocycles. The molecule has 0 unspecified atom stereocenters. The summed E-state index contributed by atoms with van der Waals surface area (Å²) in [5.41, 5.74) is -0.543. The number of carbonyl (C=O) groups excluding carboxylic acids is 1. The van der Waals surface area contributed by atoms with Crippen molar-refractivity contribution in [2.24, 2.45) is 5.41 Å². The van der Waals surface area contributed by atoms with Gasteiger partial charge in [0.05, 0.1) is 0 Å². The van der Waals surface area contributed by atoms with E-state index < -0.39 is 11.4 Å². The summed E-state index contributed by atoms with van der Waals surface area (Å²) in [5.74, 6) is -1.12. The van der Waals surface area contributed by atoms with Crippen molar-refractivity contribution in [1.82, 2.24) is 0 Å². The molecule has 3 nitrogen and oxygen atoms in total. The van der Waals surface area contributed by atoms with Gasteiger partial charge in [-0.15, -0.1) is 0 Å². The standard InChI is InChI=1S/C6H12O3.Na/c1-6(2,4-7)3-5(8)9;/h7H,3-4H2,1-2H3,(H,8,9);/q;+1/p-1. The fourth-order valence-electron chi connectivity index (χ4n) is 0.447. The monoisotopic (exact) mass is 154 g/mol. The van der Waals surface area contributed by atoms with Crippen molar-refractivity contribution in [3.63, 3.8) is 0 Å². The van der Waals surface area contributed by atoms with Crippen molar-refractivity contribution in [1.29, 1.82) is 0 Å². The van der Waals surface area contributed by atoms with Crippen LogP contribution >= 0.6 is 0 Å². The molecule has 0 saturated heterocycles. The van der Waals surface area contributed by atoms with Gasteiger partial charge in [-0.2, -0.15) is 0 Å². The van der Waals surface area contributed by atoms with Crippen LogP contribution in [0.15, 0.2) is 0 Å². The van der Waals surface area contributed by atoms with Crippen molar-refractivity contribution in [3.8, 4) is 0 Å². The Labute approximate surface area is 82.7 Å². The molecule has 1 N–H and O–H groups in total. The molecule has 0 radical (unpaired) electrons. The summed E-state index contributed by atoms with van der Waals surface area (Å²) in [6, 6.07) is 0. The van der Waals surface area contributed by atoms with Gasteiger partial charge in [-0.3, -0.25) is 0 Å². The van der Waals surface area contributed by atoms with E-state index in [0.717, 1.165) is 0 Å². The van der Waals surface area contributed by atoms with E-state index in [2.05, 4.69) is 0 Å². The molecule has 54 valence electrons. The quantitative estimate of drug-likeness (QED) is 0.423. The van der Waals surface area contributed by atoms with Crippen LogP contribution in [0.5, 0.6) is 0 Å². The summed E-state index contributed by atoms with van der Waals surface area (Å²) in [4.78, 5) is 9.95. The van der Waals surface area contributed by atoms with Crippen LogP contribution in [-0.2, 0) is 4.79 Å². The van der Waals surface area contributed by atoms with Gasteiger partial charge in [-0.1, -0.05) is 13.8 Å². The van der Waals surface area contributed by atoms with Gasteiger partial charge in [0.15, 0.2) is 0 Å². The minimum atomic E-state index is -1.12. The van der Waals surface area contributed by atoms with Crippen molar-refractivity contribution in [2.45, 2.75) is 20.3 Å². The van der Waals surface area contributed by atoms with Crippen LogP contribution in [0.1, 0.15) is 20.3 Å². The number of aliphatic carboxylic acids is 1. The average Bonchev–Trinajstić information content (AvgIpc) is 1.63. The molecule has 0 aliphatic carbocycles. The van der Waals surface area contributed by atoms with Crippen LogP contribution < -0.4 is 34.7 Å². The zero-order chi connectivity index (χ0) is 7.49. The molecule has 0 aliphatic rings. The molecule has 0 atom stereocenters. The van der Waals surface area contributed by atoms with Crippen LogP contribution in [0.3, 0.4) is 0 Å². The molecule has 0 amide bonds. The summed E-state index contributed by atoms with van der Waals surface area (Å²) in [6.07, 6.45) is -0.0938. The number of carbonyl (C=O) groups is 1. The first-order valence-corrected chi connectivity index (χ1v) is 2.79. The van der Waals surface area contributed by atoms with Crippen molar-refractivity contribution < 1.29 is 44.6 Å². The van der Waals surface area contributed by atoms with E-state index in [9.17, 15) is 9.90 Å². The second-order valence-electron chi connectivity index (χ2n) is 2.87. The van der Waals surface area contributed by atoms with Gasteiger partial charge in [-0.05, 0) is 11.8 Å². The molecule has 0 aromatic carbocycles. The molecule has 0 bridgehead atoms. The molecule has 0 heterocycles.